The molecule has 0 spiro atoms. The average molecular weight is 219 g/mol. The summed E-state index contributed by atoms with van der Waals surface area (Å²) in [7, 11) is 0. The first-order valence-corrected chi connectivity index (χ1v) is 4.94. The van der Waals surface area contributed by atoms with Gasteiger partial charge in [-0.2, -0.15) is 0 Å². The van der Waals surface area contributed by atoms with Crippen molar-refractivity contribution in [3.63, 3.8) is 0 Å². The topological polar surface area (TPSA) is 46.2 Å². The first-order chi connectivity index (χ1) is 6.54. The second-order valence-corrected chi connectivity index (χ2v) is 4.37. The minimum atomic E-state index is -0.687. The normalized spacial score (nSPS) is 12.9. The van der Waals surface area contributed by atoms with Crippen molar-refractivity contribution in [2.45, 2.75) is 17.1 Å². The van der Waals surface area contributed by atoms with Gasteiger partial charge in [-0.05, 0) is 12.1 Å². The monoisotopic (exact) mass is 219 g/mol. The number of benzene rings is 1. The van der Waals surface area contributed by atoms with Gasteiger partial charge in [0.15, 0.2) is 0 Å². The van der Waals surface area contributed by atoms with E-state index in [-0.39, 0.29) is 22.4 Å². The minimum Gasteiger partial charge on any atom is -0.399 e. The number of nitrogens with two attached hydrogens (primary N) is 1. The van der Waals surface area contributed by atoms with Gasteiger partial charge in [0.1, 0.15) is 11.6 Å². The van der Waals surface area contributed by atoms with E-state index < -0.39 is 11.6 Å². The highest BCUT2D eigenvalue weighted by molar-refractivity contribution is 8.00. The lowest BCUT2D eigenvalue weighted by molar-refractivity contribution is 0.300. The standard InChI is InChI=1S/C9H11F2NOS/c1-5(4-13)14-9-7(10)2-6(12)3-8(9)11/h2-3,5,13H,4,12H2,1H3. The molecule has 1 rings (SSSR count). The lowest BCUT2D eigenvalue weighted by atomic mass is 10.3. The highest BCUT2D eigenvalue weighted by atomic mass is 32.2. The number of aliphatic hydroxyl groups excluding tert-OH is 1. The molecule has 0 aliphatic carbocycles. The van der Waals surface area contributed by atoms with Crippen molar-refractivity contribution in [2.24, 2.45) is 0 Å². The first-order valence-electron chi connectivity index (χ1n) is 4.06. The zero-order valence-corrected chi connectivity index (χ0v) is 8.44. The molecule has 0 heterocycles. The van der Waals surface area contributed by atoms with Crippen LogP contribution in [0.3, 0.4) is 0 Å². The Bertz CT molecular complexity index is 310. The predicted molar refractivity (Wildman–Crippen MR) is 53.2 cm³/mol. The molecule has 0 amide bonds. The molecule has 1 aromatic carbocycles. The van der Waals surface area contributed by atoms with E-state index in [0.29, 0.717) is 0 Å². The summed E-state index contributed by atoms with van der Waals surface area (Å²) >= 11 is 0.950. The smallest absolute Gasteiger partial charge is 0.141 e. The maximum absolute atomic E-state index is 13.2. The molecule has 5 heteroatoms. The van der Waals surface area contributed by atoms with Gasteiger partial charge in [-0.3, -0.25) is 0 Å². The van der Waals surface area contributed by atoms with Crippen LogP contribution < -0.4 is 5.73 Å². The number of nitrogen functional groups attached to an aromatic ring is 1. The summed E-state index contributed by atoms with van der Waals surface area (Å²) < 4.78 is 26.4. The van der Waals surface area contributed by atoms with Gasteiger partial charge in [-0.1, -0.05) is 6.92 Å². The quantitative estimate of drug-likeness (QED) is 0.604. The predicted octanol–water partition coefficient (Wildman–Crippen LogP) is 2.02. The van der Waals surface area contributed by atoms with E-state index in [1.165, 1.54) is 0 Å². The molecular weight excluding hydrogens is 208 g/mol. The third-order valence-electron chi connectivity index (χ3n) is 1.60. The summed E-state index contributed by atoms with van der Waals surface area (Å²) in [5, 5.41) is 8.49. The number of hydrogen-bond acceptors (Lipinski definition) is 3. The molecule has 2 nitrogen and oxygen atoms in total. The lowest BCUT2D eigenvalue weighted by Gasteiger charge is -2.09. The number of thioether (sulfide) groups is 1. The second kappa shape index (κ2) is 4.61. The summed E-state index contributed by atoms with van der Waals surface area (Å²) in [6.07, 6.45) is 0. The Kier molecular flexibility index (Phi) is 3.71. The zero-order chi connectivity index (χ0) is 10.7. The summed E-state index contributed by atoms with van der Waals surface area (Å²) in [4.78, 5) is -0.0965. The van der Waals surface area contributed by atoms with Crippen molar-refractivity contribution in [1.82, 2.24) is 0 Å². The van der Waals surface area contributed by atoms with Gasteiger partial charge in [0.2, 0.25) is 0 Å². The molecule has 3 N–H and O–H groups in total. The molecule has 0 aromatic heterocycles. The van der Waals surface area contributed by atoms with Crippen LogP contribution in [0, 0.1) is 11.6 Å². The molecule has 0 saturated carbocycles. The van der Waals surface area contributed by atoms with E-state index in [0.717, 1.165) is 23.9 Å². The Morgan fingerprint density at radius 3 is 2.36 bits per heavy atom. The molecule has 78 valence electrons. The number of halogens is 2. The van der Waals surface area contributed by atoms with Crippen LogP contribution in [-0.4, -0.2) is 17.0 Å². The van der Waals surface area contributed by atoms with E-state index in [4.69, 9.17) is 10.8 Å². The Balaban J connectivity index is 2.96. The van der Waals surface area contributed by atoms with Crippen LogP contribution in [-0.2, 0) is 0 Å². The number of rotatable bonds is 3. The highest BCUT2D eigenvalue weighted by Gasteiger charge is 2.13. The van der Waals surface area contributed by atoms with E-state index >= 15 is 0 Å². The SMILES string of the molecule is CC(CO)Sc1c(F)cc(N)cc1F. The van der Waals surface area contributed by atoms with Crippen LogP contribution in [0.25, 0.3) is 0 Å². The van der Waals surface area contributed by atoms with Gasteiger partial charge >= 0.3 is 0 Å². The largest absolute Gasteiger partial charge is 0.399 e. The second-order valence-electron chi connectivity index (χ2n) is 2.92. The summed E-state index contributed by atoms with van der Waals surface area (Å²) in [6.45, 7) is 1.55. The fourth-order valence-electron chi connectivity index (χ4n) is 0.931. The zero-order valence-electron chi connectivity index (χ0n) is 7.63. The van der Waals surface area contributed by atoms with Crippen molar-refractivity contribution in [1.29, 1.82) is 0 Å². The van der Waals surface area contributed by atoms with E-state index in [1.807, 2.05) is 0 Å². The maximum Gasteiger partial charge on any atom is 0.141 e. The average Bonchev–Trinajstić information content (AvgIpc) is 2.10. The molecule has 1 aromatic rings. The minimum absolute atomic E-state index is 0.0565. The highest BCUT2D eigenvalue weighted by Crippen LogP contribution is 2.30. The molecule has 0 aliphatic heterocycles. The van der Waals surface area contributed by atoms with Gasteiger partial charge in [0, 0.05) is 10.9 Å². The number of anilines is 1. The Hall–Kier alpha value is -0.810. The number of hydrogen-bond donors (Lipinski definition) is 2. The first kappa shape index (κ1) is 11.3. The third kappa shape index (κ3) is 2.59. The van der Waals surface area contributed by atoms with Gasteiger partial charge < -0.3 is 10.8 Å². The van der Waals surface area contributed by atoms with Crippen LogP contribution in [0.2, 0.25) is 0 Å². The fourth-order valence-corrected chi connectivity index (χ4v) is 1.75. The van der Waals surface area contributed by atoms with Gasteiger partial charge in [0.05, 0.1) is 11.5 Å². The van der Waals surface area contributed by atoms with Crippen LogP contribution in [0.4, 0.5) is 14.5 Å². The van der Waals surface area contributed by atoms with Gasteiger partial charge in [-0.15, -0.1) is 11.8 Å². The molecule has 0 saturated heterocycles. The van der Waals surface area contributed by atoms with E-state index in [2.05, 4.69) is 0 Å². The van der Waals surface area contributed by atoms with Gasteiger partial charge in [-0.25, -0.2) is 8.78 Å². The number of aliphatic hydroxyl groups is 1. The molecular formula is C9H11F2NOS. The Morgan fingerprint density at radius 1 is 1.43 bits per heavy atom. The van der Waals surface area contributed by atoms with E-state index in [9.17, 15) is 8.78 Å². The maximum atomic E-state index is 13.2. The van der Waals surface area contributed by atoms with Crippen LogP contribution in [0.15, 0.2) is 17.0 Å². The van der Waals surface area contributed by atoms with Gasteiger partial charge in [0.25, 0.3) is 0 Å². The molecule has 0 radical (unpaired) electrons. The van der Waals surface area contributed by atoms with Crippen molar-refractivity contribution in [2.75, 3.05) is 12.3 Å². The fraction of sp³-hybridized carbons (Fsp3) is 0.333. The van der Waals surface area contributed by atoms with Crippen molar-refractivity contribution >= 4 is 17.4 Å². The van der Waals surface area contributed by atoms with Crippen LogP contribution >= 0.6 is 11.8 Å². The van der Waals surface area contributed by atoms with Crippen molar-refractivity contribution < 1.29 is 13.9 Å². The molecule has 0 fully saturated rings. The summed E-state index contributed by atoms with van der Waals surface area (Å²) in [6, 6.07) is 2.13. The molecule has 1 atom stereocenters. The Morgan fingerprint density at radius 2 is 1.93 bits per heavy atom. The molecule has 14 heavy (non-hydrogen) atoms. The lowest BCUT2D eigenvalue weighted by Crippen LogP contribution is -2.04. The molecule has 0 aliphatic rings. The molecule has 0 bridgehead atoms. The van der Waals surface area contributed by atoms with Crippen molar-refractivity contribution in [3.05, 3.63) is 23.8 Å². The van der Waals surface area contributed by atoms with Crippen molar-refractivity contribution in [3.8, 4) is 0 Å². The summed E-state index contributed by atoms with van der Waals surface area (Å²) in [5.41, 5.74) is 5.31. The third-order valence-corrected chi connectivity index (χ3v) is 2.77. The molecule has 1 unspecified atom stereocenters. The Labute approximate surface area is 85.1 Å². The van der Waals surface area contributed by atoms with Crippen LogP contribution in [0.1, 0.15) is 6.92 Å². The van der Waals surface area contributed by atoms with E-state index in [1.54, 1.807) is 6.92 Å². The van der Waals surface area contributed by atoms with Crippen LogP contribution in [0.5, 0.6) is 0 Å². The summed E-state index contributed by atoms with van der Waals surface area (Å²) in [5.74, 6) is -1.37.